The molecule has 6 nitrogen and oxygen atoms in total. The van der Waals surface area contributed by atoms with Crippen molar-refractivity contribution < 1.29 is 23.8 Å². The zero-order chi connectivity index (χ0) is 23.6. The second-order valence-electron chi connectivity index (χ2n) is 8.73. The van der Waals surface area contributed by atoms with Crippen LogP contribution in [0.4, 0.5) is 0 Å². The zero-order valence-corrected chi connectivity index (χ0v) is 20.0. The average molecular weight is 442 g/mol. The molecule has 0 radical (unpaired) electrons. The van der Waals surface area contributed by atoms with Crippen molar-refractivity contribution in [2.24, 2.45) is 0 Å². The monoisotopic (exact) mass is 441 g/mol. The van der Waals surface area contributed by atoms with Crippen molar-refractivity contribution in [3.8, 4) is 0 Å². The summed E-state index contributed by atoms with van der Waals surface area (Å²) in [5, 5.41) is 0. The predicted octanol–water partition coefficient (Wildman–Crippen LogP) is 4.34. The van der Waals surface area contributed by atoms with Crippen LogP contribution in [0.25, 0.3) is 0 Å². The lowest BCUT2D eigenvalue weighted by atomic mass is 10.1. The maximum absolute atomic E-state index is 12.4. The molecule has 0 spiro atoms. The maximum Gasteiger partial charge on any atom is 0.363 e. The van der Waals surface area contributed by atoms with Crippen LogP contribution in [0.1, 0.15) is 45.7 Å². The van der Waals surface area contributed by atoms with Gasteiger partial charge in [0.15, 0.2) is 0 Å². The van der Waals surface area contributed by atoms with Crippen LogP contribution in [0.5, 0.6) is 0 Å². The molecule has 2 aromatic rings. The molecule has 0 heterocycles. The van der Waals surface area contributed by atoms with Crippen LogP contribution in [0, 0.1) is 0 Å². The second kappa shape index (κ2) is 12.4. The van der Waals surface area contributed by atoms with Gasteiger partial charge in [-0.25, -0.2) is 4.79 Å². The fourth-order valence-electron chi connectivity index (χ4n) is 3.70. The molecule has 1 unspecified atom stereocenters. The van der Waals surface area contributed by atoms with Gasteiger partial charge >= 0.3 is 11.9 Å². The van der Waals surface area contributed by atoms with Crippen LogP contribution in [0.3, 0.4) is 0 Å². The number of rotatable bonds is 12. The van der Waals surface area contributed by atoms with Crippen molar-refractivity contribution >= 4 is 11.9 Å². The minimum atomic E-state index is -0.316. The van der Waals surface area contributed by atoms with Gasteiger partial charge in [0, 0.05) is 19.0 Å². The molecule has 0 N–H and O–H groups in total. The number of esters is 1. The van der Waals surface area contributed by atoms with Crippen molar-refractivity contribution in [2.45, 2.75) is 59.9 Å². The molecule has 0 saturated carbocycles. The van der Waals surface area contributed by atoms with Crippen molar-refractivity contribution in [2.75, 3.05) is 19.6 Å². The molecule has 174 valence electrons. The van der Waals surface area contributed by atoms with E-state index in [0.717, 1.165) is 11.1 Å². The quantitative estimate of drug-likeness (QED) is 0.279. The summed E-state index contributed by atoms with van der Waals surface area (Å²) >= 11 is 0. The highest BCUT2D eigenvalue weighted by Crippen LogP contribution is 2.22. The fraction of sp³-hybridized carbons (Fsp3) is 0.462. The summed E-state index contributed by atoms with van der Waals surface area (Å²) < 4.78 is 5.54. The zero-order valence-electron chi connectivity index (χ0n) is 20.0. The lowest BCUT2D eigenvalue weighted by Gasteiger charge is -2.39. The van der Waals surface area contributed by atoms with E-state index in [2.05, 4.69) is 18.7 Å². The molecule has 2 rings (SSSR count). The van der Waals surface area contributed by atoms with Gasteiger partial charge in [0.2, 0.25) is 0 Å². The molecule has 0 saturated heterocycles. The summed E-state index contributed by atoms with van der Waals surface area (Å²) in [6.07, 6.45) is -0.161. The topological polar surface area (TPSA) is 55.8 Å². The molecule has 0 aliphatic heterocycles. The smallest absolute Gasteiger partial charge is 0.363 e. The lowest BCUT2D eigenvalue weighted by Crippen LogP contribution is -2.56. The second-order valence-corrected chi connectivity index (χ2v) is 8.73. The summed E-state index contributed by atoms with van der Waals surface area (Å²) in [5.74, 6) is -0.572. The minimum absolute atomic E-state index is 0.0419. The highest BCUT2D eigenvalue weighted by molar-refractivity contribution is 5.71. The van der Waals surface area contributed by atoms with Gasteiger partial charge in [0.1, 0.15) is 19.1 Å². The summed E-state index contributed by atoms with van der Waals surface area (Å²) in [7, 11) is 0. The van der Waals surface area contributed by atoms with Crippen LogP contribution in [0.15, 0.2) is 60.7 Å². The predicted molar refractivity (Wildman–Crippen MR) is 125 cm³/mol. The molecule has 2 aromatic carbocycles. The van der Waals surface area contributed by atoms with Crippen molar-refractivity contribution in [3.63, 3.8) is 0 Å². The van der Waals surface area contributed by atoms with Gasteiger partial charge in [0.05, 0.1) is 19.2 Å². The number of carbonyl (C=O) groups excluding carboxylic acids is 2. The van der Waals surface area contributed by atoms with E-state index in [0.29, 0.717) is 26.2 Å². The number of hydrogen-bond acceptors (Lipinski definition) is 5. The Morgan fingerprint density at radius 3 is 1.97 bits per heavy atom. The average Bonchev–Trinajstić information content (AvgIpc) is 2.72. The van der Waals surface area contributed by atoms with Gasteiger partial charge < -0.3 is 4.74 Å². The van der Waals surface area contributed by atoms with Gasteiger partial charge in [-0.3, -0.25) is 14.5 Å². The molecule has 0 aliphatic rings. The van der Waals surface area contributed by atoms with E-state index in [-0.39, 0.29) is 35.3 Å². The SMILES string of the molecule is CC(=O)O[N+](CCN(CC(=O)OC(C)C)Cc1ccccc1)(Cc1ccccc1)C(C)C. The van der Waals surface area contributed by atoms with Crippen LogP contribution >= 0.6 is 0 Å². The van der Waals surface area contributed by atoms with E-state index in [9.17, 15) is 9.59 Å². The molecule has 0 aliphatic carbocycles. The van der Waals surface area contributed by atoms with Gasteiger partial charge in [-0.15, -0.1) is 4.65 Å². The van der Waals surface area contributed by atoms with Crippen molar-refractivity contribution in [1.29, 1.82) is 0 Å². The molecular weight excluding hydrogens is 404 g/mol. The molecule has 1 atom stereocenters. The Hall–Kier alpha value is -2.70. The Morgan fingerprint density at radius 1 is 0.906 bits per heavy atom. The fourth-order valence-corrected chi connectivity index (χ4v) is 3.70. The number of ether oxygens (including phenoxy) is 1. The number of nitrogens with zero attached hydrogens (tertiary/aromatic N) is 2. The third-order valence-electron chi connectivity index (χ3n) is 5.31. The molecule has 0 bridgehead atoms. The standard InChI is InChI=1S/C26H37N2O4/c1-21(2)28(32-23(5)29,20-25-14-10-7-11-15-25)17-16-27(19-26(30)31-22(3)4)18-24-12-8-6-9-13-24/h6-15,21-22H,16-20H2,1-5H3/q+1. The first-order valence-electron chi connectivity index (χ1n) is 11.3. The first-order chi connectivity index (χ1) is 15.2. The van der Waals surface area contributed by atoms with Crippen LogP contribution in [-0.2, 0) is 32.3 Å². The van der Waals surface area contributed by atoms with Crippen LogP contribution in [-0.4, -0.2) is 53.3 Å². The number of hydrogen-bond donors (Lipinski definition) is 0. The Bertz CT molecular complexity index is 839. The van der Waals surface area contributed by atoms with Gasteiger partial charge in [-0.2, -0.15) is 0 Å². The van der Waals surface area contributed by atoms with Gasteiger partial charge in [-0.05, 0) is 33.3 Å². The molecule has 6 heteroatoms. The van der Waals surface area contributed by atoms with E-state index in [1.165, 1.54) is 6.92 Å². The molecule has 32 heavy (non-hydrogen) atoms. The number of carbonyl (C=O) groups is 2. The highest BCUT2D eigenvalue weighted by atomic mass is 16.7. The van der Waals surface area contributed by atoms with E-state index >= 15 is 0 Å². The van der Waals surface area contributed by atoms with E-state index < -0.39 is 0 Å². The van der Waals surface area contributed by atoms with E-state index in [4.69, 9.17) is 9.57 Å². The first kappa shape index (κ1) is 25.6. The van der Waals surface area contributed by atoms with Gasteiger partial charge in [0.25, 0.3) is 0 Å². The highest BCUT2D eigenvalue weighted by Gasteiger charge is 2.37. The summed E-state index contributed by atoms with van der Waals surface area (Å²) in [6.45, 7) is 11.7. The van der Waals surface area contributed by atoms with E-state index in [1.54, 1.807) is 0 Å². The molecule has 0 aromatic heterocycles. The Labute approximate surface area is 192 Å². The third kappa shape index (κ3) is 8.44. The van der Waals surface area contributed by atoms with Gasteiger partial charge in [-0.1, -0.05) is 60.7 Å². The largest absolute Gasteiger partial charge is 0.462 e. The number of hydroxylamine groups is 3. The van der Waals surface area contributed by atoms with Crippen molar-refractivity contribution in [3.05, 3.63) is 71.8 Å². The Balaban J connectivity index is 2.23. The lowest BCUT2D eigenvalue weighted by molar-refractivity contribution is -1.11. The summed E-state index contributed by atoms with van der Waals surface area (Å²) in [5.41, 5.74) is 2.21. The van der Waals surface area contributed by atoms with Crippen molar-refractivity contribution in [1.82, 2.24) is 4.90 Å². The Morgan fingerprint density at radius 2 is 1.47 bits per heavy atom. The minimum Gasteiger partial charge on any atom is -0.462 e. The Kier molecular flexibility index (Phi) is 9.88. The number of quaternary nitrogens is 1. The maximum atomic E-state index is 12.4. The molecular formula is C26H37N2O4+. The van der Waals surface area contributed by atoms with Crippen LogP contribution < -0.4 is 0 Å². The first-order valence-corrected chi connectivity index (χ1v) is 11.3. The number of benzene rings is 2. The summed E-state index contributed by atoms with van der Waals surface area (Å²) in [4.78, 5) is 32.5. The molecule has 0 fully saturated rings. The summed E-state index contributed by atoms with van der Waals surface area (Å²) in [6, 6.07) is 20.1. The van der Waals surface area contributed by atoms with E-state index in [1.807, 2.05) is 74.5 Å². The normalized spacial score (nSPS) is 13.2. The third-order valence-corrected chi connectivity index (χ3v) is 5.31. The van der Waals surface area contributed by atoms with Crippen LogP contribution in [0.2, 0.25) is 0 Å². The molecule has 0 amide bonds.